The van der Waals surface area contributed by atoms with Gasteiger partial charge < -0.3 is 11.9 Å². The lowest BCUT2D eigenvalue weighted by Crippen LogP contribution is -2.12. The van der Waals surface area contributed by atoms with Gasteiger partial charge in [0.1, 0.15) is 0 Å². The number of rotatable bonds is 3. The molecule has 0 bridgehead atoms. The topological polar surface area (TPSA) is 78.1 Å². The van der Waals surface area contributed by atoms with Gasteiger partial charge in [-0.2, -0.15) is 0 Å². The smallest absolute Gasteiger partial charge is 0.244 e. The third-order valence-corrected chi connectivity index (χ3v) is 0.900. The predicted octanol–water partition coefficient (Wildman–Crippen LogP) is 0.990. The molecule has 0 aromatic carbocycles. The standard InChI is InChI=1S/C6H11NO.H3N/c1-3-4-5(2)6(7)8;/h2-4H2,1H3,(H2,7,8);1H3. The van der Waals surface area contributed by atoms with Crippen LogP contribution in [0.5, 0.6) is 0 Å². The summed E-state index contributed by atoms with van der Waals surface area (Å²) >= 11 is 0. The molecule has 0 saturated carbocycles. The first kappa shape index (κ1) is 11.0. The molecular weight excluding hydrogens is 116 g/mol. The number of carbonyl (C=O) groups is 1. The van der Waals surface area contributed by atoms with Crippen molar-refractivity contribution in [1.82, 2.24) is 6.15 Å². The summed E-state index contributed by atoms with van der Waals surface area (Å²) in [6.45, 7) is 5.45. The normalized spacial score (nSPS) is 7.67. The van der Waals surface area contributed by atoms with Crippen LogP contribution in [0, 0.1) is 0 Å². The second-order valence-corrected chi connectivity index (χ2v) is 1.72. The van der Waals surface area contributed by atoms with E-state index in [0.29, 0.717) is 5.57 Å². The van der Waals surface area contributed by atoms with Crippen LogP contribution in [0.2, 0.25) is 0 Å². The molecule has 0 saturated heterocycles. The number of carbonyl (C=O) groups excluding carboxylic acids is 1. The molecule has 0 heterocycles. The number of hydrogen-bond acceptors (Lipinski definition) is 2. The van der Waals surface area contributed by atoms with Gasteiger partial charge in [-0.25, -0.2) is 0 Å². The van der Waals surface area contributed by atoms with Gasteiger partial charge in [0.15, 0.2) is 0 Å². The highest BCUT2D eigenvalue weighted by Gasteiger charge is 1.96. The molecule has 0 aliphatic rings. The third kappa shape index (κ3) is 5.03. The van der Waals surface area contributed by atoms with Gasteiger partial charge in [-0.05, 0) is 6.42 Å². The van der Waals surface area contributed by atoms with Gasteiger partial charge in [0.05, 0.1) is 0 Å². The minimum Gasteiger partial charge on any atom is -0.366 e. The maximum Gasteiger partial charge on any atom is 0.244 e. The van der Waals surface area contributed by atoms with Crippen molar-refractivity contribution < 1.29 is 4.79 Å². The molecule has 1 amide bonds. The highest BCUT2D eigenvalue weighted by molar-refractivity contribution is 5.91. The van der Waals surface area contributed by atoms with Crippen LogP contribution in [0.4, 0.5) is 0 Å². The zero-order chi connectivity index (χ0) is 6.57. The van der Waals surface area contributed by atoms with Crippen molar-refractivity contribution in [1.29, 1.82) is 0 Å². The van der Waals surface area contributed by atoms with Gasteiger partial charge in [0, 0.05) is 5.57 Å². The summed E-state index contributed by atoms with van der Waals surface area (Å²) in [6, 6.07) is 0. The van der Waals surface area contributed by atoms with Crippen molar-refractivity contribution in [3.63, 3.8) is 0 Å². The van der Waals surface area contributed by atoms with Crippen LogP contribution in [0.15, 0.2) is 12.2 Å². The summed E-state index contributed by atoms with van der Waals surface area (Å²) in [7, 11) is 0. The molecule has 3 nitrogen and oxygen atoms in total. The van der Waals surface area contributed by atoms with E-state index in [1.54, 1.807) is 0 Å². The maximum absolute atomic E-state index is 10.2. The van der Waals surface area contributed by atoms with Crippen LogP contribution in [-0.2, 0) is 4.79 Å². The van der Waals surface area contributed by atoms with E-state index in [2.05, 4.69) is 6.58 Å². The molecule has 3 heteroatoms. The highest BCUT2D eigenvalue weighted by atomic mass is 16.1. The lowest BCUT2D eigenvalue weighted by molar-refractivity contribution is -0.114. The van der Waals surface area contributed by atoms with Crippen LogP contribution < -0.4 is 11.9 Å². The van der Waals surface area contributed by atoms with Gasteiger partial charge in [-0.15, -0.1) is 0 Å². The van der Waals surface area contributed by atoms with Gasteiger partial charge in [-0.3, -0.25) is 4.79 Å². The fraction of sp³-hybridized carbons (Fsp3) is 0.500. The molecular formula is C6H14N2O. The molecule has 0 radical (unpaired) electrons. The Bertz CT molecular complexity index is 110. The summed E-state index contributed by atoms with van der Waals surface area (Å²) in [5.74, 6) is -0.383. The molecule has 0 aliphatic heterocycles. The minimum absolute atomic E-state index is 0. The average Bonchev–Trinajstić information content (AvgIpc) is 1.67. The van der Waals surface area contributed by atoms with Gasteiger partial charge in [-0.1, -0.05) is 19.9 Å². The molecule has 5 N–H and O–H groups in total. The lowest BCUT2D eigenvalue weighted by atomic mass is 10.2. The Morgan fingerprint density at radius 3 is 2.22 bits per heavy atom. The van der Waals surface area contributed by atoms with E-state index < -0.39 is 0 Å². The van der Waals surface area contributed by atoms with Crippen molar-refractivity contribution in [3.05, 3.63) is 12.2 Å². The maximum atomic E-state index is 10.2. The first-order valence-electron chi connectivity index (χ1n) is 2.66. The highest BCUT2D eigenvalue weighted by Crippen LogP contribution is 1.98. The van der Waals surface area contributed by atoms with Crippen molar-refractivity contribution in [2.75, 3.05) is 0 Å². The zero-order valence-corrected chi connectivity index (χ0v) is 5.81. The van der Waals surface area contributed by atoms with E-state index in [-0.39, 0.29) is 12.1 Å². The molecule has 9 heavy (non-hydrogen) atoms. The van der Waals surface area contributed by atoms with E-state index in [0.717, 1.165) is 12.8 Å². The fourth-order valence-electron chi connectivity index (χ4n) is 0.425. The summed E-state index contributed by atoms with van der Waals surface area (Å²) in [5, 5.41) is 0. The van der Waals surface area contributed by atoms with Crippen LogP contribution >= 0.6 is 0 Å². The van der Waals surface area contributed by atoms with Crippen LogP contribution in [0.25, 0.3) is 0 Å². The number of primary amides is 1. The van der Waals surface area contributed by atoms with Crippen molar-refractivity contribution in [2.24, 2.45) is 5.73 Å². The van der Waals surface area contributed by atoms with Crippen LogP contribution in [-0.4, -0.2) is 5.91 Å². The lowest BCUT2D eigenvalue weighted by Gasteiger charge is -1.93. The van der Waals surface area contributed by atoms with Crippen molar-refractivity contribution >= 4 is 5.91 Å². The van der Waals surface area contributed by atoms with Gasteiger partial charge >= 0.3 is 0 Å². The Morgan fingerprint density at radius 2 is 2.11 bits per heavy atom. The van der Waals surface area contributed by atoms with E-state index >= 15 is 0 Å². The molecule has 54 valence electrons. The van der Waals surface area contributed by atoms with Crippen molar-refractivity contribution in [3.8, 4) is 0 Å². The van der Waals surface area contributed by atoms with Crippen LogP contribution in [0.1, 0.15) is 19.8 Å². The second kappa shape index (κ2) is 5.31. The monoisotopic (exact) mass is 130 g/mol. The Kier molecular flexibility index (Phi) is 6.51. The minimum atomic E-state index is -0.383. The quantitative estimate of drug-likeness (QED) is 0.559. The molecule has 0 spiro atoms. The average molecular weight is 130 g/mol. The first-order chi connectivity index (χ1) is 3.68. The first-order valence-corrected chi connectivity index (χ1v) is 2.66. The molecule has 0 unspecified atom stereocenters. The third-order valence-electron chi connectivity index (χ3n) is 0.900. The van der Waals surface area contributed by atoms with Crippen molar-refractivity contribution in [2.45, 2.75) is 19.8 Å². The molecule has 0 atom stereocenters. The number of nitrogens with two attached hydrogens (primary N) is 1. The number of amides is 1. The summed E-state index contributed by atoms with van der Waals surface area (Å²) < 4.78 is 0. The fourth-order valence-corrected chi connectivity index (χ4v) is 0.425. The molecule has 0 aliphatic carbocycles. The van der Waals surface area contributed by atoms with E-state index in [4.69, 9.17) is 5.73 Å². The Morgan fingerprint density at radius 1 is 1.67 bits per heavy atom. The molecule has 0 aromatic heterocycles. The number of hydrogen-bond donors (Lipinski definition) is 2. The summed E-state index contributed by atoms with van der Waals surface area (Å²) in [4.78, 5) is 10.2. The largest absolute Gasteiger partial charge is 0.366 e. The Labute approximate surface area is 55.5 Å². The molecule has 0 fully saturated rings. The van der Waals surface area contributed by atoms with Crippen LogP contribution in [0.3, 0.4) is 0 Å². The summed E-state index contributed by atoms with van der Waals surface area (Å²) in [5.41, 5.74) is 5.40. The van der Waals surface area contributed by atoms with Gasteiger partial charge in [0.2, 0.25) is 5.91 Å². The van der Waals surface area contributed by atoms with E-state index in [9.17, 15) is 4.79 Å². The van der Waals surface area contributed by atoms with Gasteiger partial charge in [0.25, 0.3) is 0 Å². The molecule has 0 aromatic rings. The Balaban J connectivity index is 0. The zero-order valence-electron chi connectivity index (χ0n) is 5.81. The molecule has 0 rings (SSSR count). The summed E-state index contributed by atoms with van der Waals surface area (Å²) in [6.07, 6.45) is 1.65. The van der Waals surface area contributed by atoms with E-state index in [1.165, 1.54) is 0 Å². The predicted molar refractivity (Wildman–Crippen MR) is 38.3 cm³/mol. The Hall–Kier alpha value is -0.830. The van der Waals surface area contributed by atoms with E-state index in [1.807, 2.05) is 6.92 Å². The second-order valence-electron chi connectivity index (χ2n) is 1.72. The SMILES string of the molecule is C=C(CCC)C(N)=O.N.